The van der Waals surface area contributed by atoms with Crippen molar-refractivity contribution in [3.8, 4) is 23.0 Å². The average Bonchev–Trinajstić information content (AvgIpc) is 3.13. The van der Waals surface area contributed by atoms with E-state index in [9.17, 15) is 9.90 Å². The lowest BCUT2D eigenvalue weighted by atomic mass is 9.71. The molecule has 1 fully saturated rings. The Morgan fingerprint density at radius 2 is 1.45 bits per heavy atom. The summed E-state index contributed by atoms with van der Waals surface area (Å²) in [7, 11) is 6.64. The van der Waals surface area contributed by atoms with Gasteiger partial charge in [-0.2, -0.15) is 0 Å². The van der Waals surface area contributed by atoms with Crippen LogP contribution in [0.5, 0.6) is 23.0 Å². The van der Waals surface area contributed by atoms with Crippen LogP contribution >= 0.6 is 0 Å². The number of rotatable bonds is 6. The van der Waals surface area contributed by atoms with Gasteiger partial charge in [-0.05, 0) is 84.0 Å². The van der Waals surface area contributed by atoms with Crippen LogP contribution in [0.1, 0.15) is 48.1 Å². The number of amides is 1. The normalized spacial score (nSPS) is 24.9. The number of fused-ring (bicyclic) bond motifs is 4. The van der Waals surface area contributed by atoms with Gasteiger partial charge in [-0.3, -0.25) is 4.90 Å². The molecule has 0 bridgehead atoms. The van der Waals surface area contributed by atoms with Gasteiger partial charge in [0.2, 0.25) is 0 Å². The molecule has 3 aliphatic heterocycles. The number of piperidine rings is 1. The molecule has 4 unspecified atom stereocenters. The minimum atomic E-state index is -0.838. The van der Waals surface area contributed by atoms with Crippen LogP contribution in [0.15, 0.2) is 24.3 Å². The average molecular weight is 525 g/mol. The van der Waals surface area contributed by atoms with E-state index in [1.807, 2.05) is 6.07 Å². The number of ether oxygens (including phenoxy) is 4. The van der Waals surface area contributed by atoms with Gasteiger partial charge in [0, 0.05) is 31.7 Å². The summed E-state index contributed by atoms with van der Waals surface area (Å²) in [5.74, 6) is 3.54. The van der Waals surface area contributed by atoms with Gasteiger partial charge in [0.1, 0.15) is 0 Å². The molecule has 0 aliphatic carbocycles. The third kappa shape index (κ3) is 4.64. The minimum Gasteiger partial charge on any atom is -0.493 e. The van der Waals surface area contributed by atoms with E-state index in [0.717, 1.165) is 55.0 Å². The maximum absolute atomic E-state index is 12.6. The number of carboxylic acid groups (broad SMARTS) is 1. The first-order chi connectivity index (χ1) is 18.4. The summed E-state index contributed by atoms with van der Waals surface area (Å²) in [4.78, 5) is 16.9. The van der Waals surface area contributed by atoms with Gasteiger partial charge in [0.25, 0.3) is 0 Å². The van der Waals surface area contributed by atoms with Crippen molar-refractivity contribution < 1.29 is 28.8 Å². The molecule has 0 radical (unpaired) electrons. The third-order valence-electron chi connectivity index (χ3n) is 9.10. The summed E-state index contributed by atoms with van der Waals surface area (Å²) in [6.45, 7) is 4.70. The molecule has 1 N–H and O–H groups in total. The monoisotopic (exact) mass is 524 g/mol. The van der Waals surface area contributed by atoms with Crippen LogP contribution in [0.3, 0.4) is 0 Å². The smallest absolute Gasteiger partial charge is 0.407 e. The summed E-state index contributed by atoms with van der Waals surface area (Å²) in [5.41, 5.74) is 4.89. The van der Waals surface area contributed by atoms with Crippen molar-refractivity contribution in [1.29, 1.82) is 0 Å². The van der Waals surface area contributed by atoms with Crippen LogP contribution in [0.25, 0.3) is 0 Å². The Bertz CT molecular complexity index is 1180. The zero-order chi connectivity index (χ0) is 27.0. The topological polar surface area (TPSA) is 80.7 Å². The highest BCUT2D eigenvalue weighted by atomic mass is 16.5. The Morgan fingerprint density at radius 1 is 0.868 bits per heavy atom. The fourth-order valence-corrected chi connectivity index (χ4v) is 7.11. The Kier molecular flexibility index (Phi) is 7.61. The SMILES string of the molecule is CCC1CN2CCc3cc(OC)c(OC)cc3C2CC1C1Cc2cc(OC)c(OC)cc2CCN1C(=O)O. The first-order valence-corrected chi connectivity index (χ1v) is 13.6. The zero-order valence-corrected chi connectivity index (χ0v) is 23.2. The lowest BCUT2D eigenvalue weighted by Crippen LogP contribution is -2.54. The molecule has 38 heavy (non-hydrogen) atoms. The summed E-state index contributed by atoms with van der Waals surface area (Å²) >= 11 is 0. The quantitative estimate of drug-likeness (QED) is 0.581. The summed E-state index contributed by atoms with van der Waals surface area (Å²) in [5, 5.41) is 10.4. The Morgan fingerprint density at radius 3 is 2.05 bits per heavy atom. The number of methoxy groups -OCH3 is 4. The van der Waals surface area contributed by atoms with Crippen molar-refractivity contribution in [2.45, 2.75) is 51.1 Å². The Labute approximate surface area is 225 Å². The van der Waals surface area contributed by atoms with Crippen LogP contribution in [-0.4, -0.2) is 75.1 Å². The van der Waals surface area contributed by atoms with Crippen LogP contribution in [-0.2, 0) is 19.3 Å². The minimum absolute atomic E-state index is 0.107. The molecule has 0 spiro atoms. The summed E-state index contributed by atoms with van der Waals surface area (Å²) in [6, 6.07) is 8.46. The highest BCUT2D eigenvalue weighted by molar-refractivity contribution is 5.66. The second kappa shape index (κ2) is 10.9. The molecular weight excluding hydrogens is 484 g/mol. The second-order valence-corrected chi connectivity index (χ2v) is 10.7. The lowest BCUT2D eigenvalue weighted by Gasteiger charge is -2.50. The molecule has 4 atom stereocenters. The maximum atomic E-state index is 12.6. The van der Waals surface area contributed by atoms with E-state index in [-0.39, 0.29) is 18.0 Å². The number of hydrogen-bond acceptors (Lipinski definition) is 6. The molecule has 0 saturated carbocycles. The van der Waals surface area contributed by atoms with Crippen LogP contribution in [0.2, 0.25) is 0 Å². The zero-order valence-electron chi connectivity index (χ0n) is 23.2. The van der Waals surface area contributed by atoms with Crippen molar-refractivity contribution >= 4 is 6.09 Å². The van der Waals surface area contributed by atoms with Crippen LogP contribution < -0.4 is 18.9 Å². The van der Waals surface area contributed by atoms with E-state index in [1.54, 1.807) is 33.3 Å². The number of hydrogen-bond donors (Lipinski definition) is 1. The Hall–Kier alpha value is -3.13. The van der Waals surface area contributed by atoms with E-state index in [0.29, 0.717) is 36.8 Å². The maximum Gasteiger partial charge on any atom is 0.407 e. The summed E-state index contributed by atoms with van der Waals surface area (Å²) in [6.07, 6.45) is 3.42. The van der Waals surface area contributed by atoms with Gasteiger partial charge in [-0.25, -0.2) is 4.79 Å². The van der Waals surface area contributed by atoms with Crippen LogP contribution in [0, 0.1) is 11.8 Å². The van der Waals surface area contributed by atoms with Crippen molar-refractivity contribution in [3.63, 3.8) is 0 Å². The van der Waals surface area contributed by atoms with E-state index < -0.39 is 6.09 Å². The predicted molar refractivity (Wildman–Crippen MR) is 145 cm³/mol. The lowest BCUT2D eigenvalue weighted by molar-refractivity contribution is 0.00715. The molecule has 3 aliphatic rings. The molecule has 0 aromatic heterocycles. The van der Waals surface area contributed by atoms with Gasteiger partial charge in [-0.1, -0.05) is 13.3 Å². The van der Waals surface area contributed by atoms with E-state index in [4.69, 9.17) is 18.9 Å². The van der Waals surface area contributed by atoms with E-state index in [1.165, 1.54) is 11.1 Å². The molecule has 1 saturated heterocycles. The molecule has 2 aromatic carbocycles. The molecule has 5 rings (SSSR count). The number of benzene rings is 2. The van der Waals surface area contributed by atoms with Crippen LogP contribution in [0.4, 0.5) is 4.79 Å². The largest absolute Gasteiger partial charge is 0.493 e. The van der Waals surface area contributed by atoms with Crippen molar-refractivity contribution in [2.75, 3.05) is 48.1 Å². The second-order valence-electron chi connectivity index (χ2n) is 10.7. The first-order valence-electron chi connectivity index (χ1n) is 13.6. The highest BCUT2D eigenvalue weighted by Gasteiger charge is 2.45. The van der Waals surface area contributed by atoms with Gasteiger partial charge < -0.3 is 29.0 Å². The van der Waals surface area contributed by atoms with Crippen molar-refractivity contribution in [3.05, 3.63) is 46.5 Å². The highest BCUT2D eigenvalue weighted by Crippen LogP contribution is 2.47. The molecule has 8 heteroatoms. The number of carbonyl (C=O) groups is 1. The first kappa shape index (κ1) is 26.5. The molecule has 8 nitrogen and oxygen atoms in total. The fraction of sp³-hybridized carbons (Fsp3) is 0.567. The van der Waals surface area contributed by atoms with Gasteiger partial charge in [0.15, 0.2) is 23.0 Å². The van der Waals surface area contributed by atoms with Gasteiger partial charge in [0.05, 0.1) is 28.4 Å². The molecule has 206 valence electrons. The third-order valence-corrected chi connectivity index (χ3v) is 9.10. The summed E-state index contributed by atoms with van der Waals surface area (Å²) < 4.78 is 22.4. The molecule has 2 aromatic rings. The molecule has 1 amide bonds. The molecular formula is C30H40N2O6. The van der Waals surface area contributed by atoms with Crippen molar-refractivity contribution in [1.82, 2.24) is 9.80 Å². The molecule has 3 heterocycles. The van der Waals surface area contributed by atoms with Crippen molar-refractivity contribution in [2.24, 2.45) is 11.8 Å². The van der Waals surface area contributed by atoms with E-state index >= 15 is 0 Å². The standard InChI is InChI=1S/C30H40N2O6/c1-6-18-17-31-9-7-20-13-27(36-3)29(38-5)16-23(20)24(31)15-22(18)25-11-21-14-28(37-4)26(35-2)12-19(21)8-10-32(25)30(33)34/h12-14,16,18,22,24-25H,6-11,15,17H2,1-5H3,(H,33,34). The fourth-order valence-electron chi connectivity index (χ4n) is 7.11. The van der Waals surface area contributed by atoms with Gasteiger partial charge in [-0.15, -0.1) is 0 Å². The van der Waals surface area contributed by atoms with E-state index in [2.05, 4.69) is 30.0 Å². The van der Waals surface area contributed by atoms with Gasteiger partial charge >= 0.3 is 6.09 Å². The number of nitrogens with zero attached hydrogens (tertiary/aromatic N) is 2. The Balaban J connectivity index is 1.53. The predicted octanol–water partition coefficient (Wildman–Crippen LogP) is 4.81.